The molecule has 0 saturated carbocycles. The van der Waals surface area contributed by atoms with E-state index in [1.807, 2.05) is 0 Å². The first-order valence-corrected chi connectivity index (χ1v) is 11.0. The maximum Gasteiger partial charge on any atom is 0.339 e. The third-order valence-corrected chi connectivity index (χ3v) is 5.56. The molecule has 1 aliphatic heterocycles. The lowest BCUT2D eigenvalue weighted by atomic mass is 9.79. The van der Waals surface area contributed by atoms with Crippen LogP contribution in [0.25, 0.3) is 0 Å². The molecule has 0 aliphatic carbocycles. The van der Waals surface area contributed by atoms with E-state index in [1.54, 1.807) is 19.9 Å². The van der Waals surface area contributed by atoms with Crippen molar-refractivity contribution in [2.45, 2.75) is 19.8 Å². The molecule has 194 valence electrons. The highest BCUT2D eigenvalue weighted by Crippen LogP contribution is 2.42. The van der Waals surface area contributed by atoms with Crippen molar-refractivity contribution in [2.75, 3.05) is 27.4 Å². The molecule has 0 spiro atoms. The molecule has 1 atom stereocenters. The van der Waals surface area contributed by atoms with E-state index in [0.29, 0.717) is 17.3 Å². The van der Waals surface area contributed by atoms with E-state index >= 15 is 0 Å². The van der Waals surface area contributed by atoms with Crippen LogP contribution in [0.1, 0.15) is 35.7 Å². The van der Waals surface area contributed by atoms with Gasteiger partial charge in [-0.25, -0.2) is 19.4 Å². The second-order valence-corrected chi connectivity index (χ2v) is 7.80. The lowest BCUT2D eigenvalue weighted by Crippen LogP contribution is -2.33. The second-order valence-electron chi connectivity index (χ2n) is 7.80. The number of carbonyl (C=O) groups is 3. The van der Waals surface area contributed by atoms with Crippen molar-refractivity contribution < 1.29 is 38.3 Å². The van der Waals surface area contributed by atoms with Gasteiger partial charge in [0.1, 0.15) is 13.2 Å². The molecule has 0 saturated heterocycles. The number of para-hydroxylation sites is 1. The molecule has 12 nitrogen and oxygen atoms in total. The molecule has 0 radical (unpaired) electrons. The number of esters is 3. The van der Waals surface area contributed by atoms with Gasteiger partial charge in [-0.1, -0.05) is 18.2 Å². The van der Waals surface area contributed by atoms with Gasteiger partial charge in [0, 0.05) is 35.3 Å². The standard InChI is InChI=1S/C25H25N3O9/c1-14-20(24(30)35-4)22(17-7-5-6-8-18(17)28(32)33)21(15(2)27-14)25(31)37-12-11-36-23(29)16-9-10-19(34-3)26-13-16/h5-10,13,22,27H,11-12H2,1-4H3. The van der Waals surface area contributed by atoms with Gasteiger partial charge < -0.3 is 24.3 Å². The van der Waals surface area contributed by atoms with E-state index in [4.69, 9.17) is 18.9 Å². The Bertz CT molecular complexity index is 1280. The Hall–Kier alpha value is -4.74. The zero-order valence-corrected chi connectivity index (χ0v) is 20.6. The van der Waals surface area contributed by atoms with E-state index in [-0.39, 0.29) is 41.2 Å². The first-order valence-electron chi connectivity index (χ1n) is 11.0. The molecule has 12 heteroatoms. The molecular formula is C25H25N3O9. The Kier molecular flexibility index (Phi) is 8.56. The number of nitrogens with one attached hydrogen (secondary N) is 1. The molecule has 0 amide bonds. The number of carbonyl (C=O) groups excluding carboxylic acids is 3. The number of pyridine rings is 1. The third kappa shape index (κ3) is 5.92. The van der Waals surface area contributed by atoms with Crippen LogP contribution in [0.15, 0.2) is 65.1 Å². The Labute approximate surface area is 212 Å². The summed E-state index contributed by atoms with van der Waals surface area (Å²) in [6.45, 7) is 2.63. The molecule has 37 heavy (non-hydrogen) atoms. The summed E-state index contributed by atoms with van der Waals surface area (Å²) >= 11 is 0. The number of benzene rings is 1. The van der Waals surface area contributed by atoms with Gasteiger partial charge in [-0.2, -0.15) is 0 Å². The average molecular weight is 511 g/mol. The topological polar surface area (TPSA) is 156 Å². The summed E-state index contributed by atoms with van der Waals surface area (Å²) in [4.78, 5) is 53.1. The van der Waals surface area contributed by atoms with Gasteiger partial charge in [-0.05, 0) is 19.9 Å². The number of ether oxygens (including phenoxy) is 4. The first-order chi connectivity index (χ1) is 17.7. The lowest BCUT2D eigenvalue weighted by Gasteiger charge is -2.30. The molecule has 2 aromatic rings. The molecule has 3 rings (SSSR count). The van der Waals surface area contributed by atoms with Gasteiger partial charge in [0.2, 0.25) is 5.88 Å². The number of allylic oxidation sites excluding steroid dienone is 2. The van der Waals surface area contributed by atoms with Crippen LogP contribution >= 0.6 is 0 Å². The number of dihydropyridines is 1. The Morgan fingerprint density at radius 1 is 0.946 bits per heavy atom. The summed E-state index contributed by atoms with van der Waals surface area (Å²) in [5, 5.41) is 14.7. The van der Waals surface area contributed by atoms with Crippen molar-refractivity contribution >= 4 is 23.6 Å². The maximum absolute atomic E-state index is 13.2. The number of aromatic nitrogens is 1. The summed E-state index contributed by atoms with van der Waals surface area (Å²) < 4.78 is 20.3. The van der Waals surface area contributed by atoms with Crippen LogP contribution in [0, 0.1) is 10.1 Å². The summed E-state index contributed by atoms with van der Waals surface area (Å²) in [5.41, 5.74) is 0.786. The van der Waals surface area contributed by atoms with Gasteiger partial charge in [-0.15, -0.1) is 0 Å². The van der Waals surface area contributed by atoms with E-state index < -0.39 is 28.7 Å². The molecule has 1 N–H and O–H groups in total. The number of nitro groups is 1. The molecule has 1 unspecified atom stereocenters. The van der Waals surface area contributed by atoms with Gasteiger partial charge >= 0.3 is 17.9 Å². The molecule has 0 fully saturated rings. The summed E-state index contributed by atoms with van der Waals surface area (Å²) in [5.74, 6) is -3.07. The second kappa shape index (κ2) is 11.8. The number of rotatable bonds is 9. The van der Waals surface area contributed by atoms with Crippen molar-refractivity contribution in [1.29, 1.82) is 0 Å². The summed E-state index contributed by atoms with van der Waals surface area (Å²) in [6, 6.07) is 8.78. The molecule has 1 aliphatic rings. The predicted octanol–water partition coefficient (Wildman–Crippen LogP) is 2.81. The largest absolute Gasteiger partial charge is 0.481 e. The van der Waals surface area contributed by atoms with Crippen LogP contribution in [0.2, 0.25) is 0 Å². The van der Waals surface area contributed by atoms with Crippen molar-refractivity contribution in [3.05, 3.63) is 86.4 Å². The van der Waals surface area contributed by atoms with Gasteiger partial charge in [0.25, 0.3) is 5.69 Å². The minimum atomic E-state index is -1.13. The number of hydrogen-bond donors (Lipinski definition) is 1. The SMILES string of the molecule is COC(=O)C1=C(C)NC(C)=C(C(=O)OCCOC(=O)c2ccc(OC)nc2)C1c1ccccc1[N+](=O)[O-]. The molecule has 1 aromatic carbocycles. The fourth-order valence-electron chi connectivity index (χ4n) is 3.91. The Morgan fingerprint density at radius 2 is 1.57 bits per heavy atom. The van der Waals surface area contributed by atoms with Crippen molar-refractivity contribution in [3.8, 4) is 5.88 Å². The van der Waals surface area contributed by atoms with Crippen LogP contribution in [-0.2, 0) is 23.8 Å². The van der Waals surface area contributed by atoms with E-state index in [2.05, 4.69) is 10.3 Å². The zero-order chi connectivity index (χ0) is 27.1. The lowest BCUT2D eigenvalue weighted by molar-refractivity contribution is -0.385. The summed E-state index contributed by atoms with van der Waals surface area (Å²) in [7, 11) is 2.62. The Balaban J connectivity index is 1.81. The van der Waals surface area contributed by atoms with Crippen LogP contribution < -0.4 is 10.1 Å². The van der Waals surface area contributed by atoms with Crippen molar-refractivity contribution in [1.82, 2.24) is 10.3 Å². The van der Waals surface area contributed by atoms with E-state index in [9.17, 15) is 24.5 Å². The monoisotopic (exact) mass is 511 g/mol. The quantitative estimate of drug-likeness (QED) is 0.174. The smallest absolute Gasteiger partial charge is 0.339 e. The van der Waals surface area contributed by atoms with Gasteiger partial charge in [-0.3, -0.25) is 10.1 Å². The minimum absolute atomic E-state index is 0.00835. The molecule has 0 bridgehead atoms. The van der Waals surface area contributed by atoms with Gasteiger partial charge in [0.15, 0.2) is 0 Å². The number of nitrogens with zero attached hydrogens (tertiary/aromatic N) is 2. The predicted molar refractivity (Wildman–Crippen MR) is 128 cm³/mol. The van der Waals surface area contributed by atoms with Crippen LogP contribution in [0.3, 0.4) is 0 Å². The van der Waals surface area contributed by atoms with E-state index in [0.717, 1.165) is 0 Å². The number of nitro benzene ring substituents is 1. The minimum Gasteiger partial charge on any atom is -0.481 e. The highest BCUT2D eigenvalue weighted by atomic mass is 16.6. The van der Waals surface area contributed by atoms with Crippen LogP contribution in [0.4, 0.5) is 5.69 Å². The fraction of sp³-hybridized carbons (Fsp3) is 0.280. The van der Waals surface area contributed by atoms with Crippen molar-refractivity contribution in [2.24, 2.45) is 0 Å². The third-order valence-electron chi connectivity index (χ3n) is 5.56. The molecule has 2 heterocycles. The average Bonchev–Trinajstić information content (AvgIpc) is 2.90. The Morgan fingerprint density at radius 3 is 2.14 bits per heavy atom. The molecular weight excluding hydrogens is 486 g/mol. The highest BCUT2D eigenvalue weighted by Gasteiger charge is 2.40. The normalized spacial score (nSPS) is 15.0. The fourth-order valence-corrected chi connectivity index (χ4v) is 3.91. The maximum atomic E-state index is 13.2. The summed E-state index contributed by atoms with van der Waals surface area (Å²) in [6.07, 6.45) is 1.29. The zero-order valence-electron chi connectivity index (χ0n) is 20.6. The number of hydrogen-bond acceptors (Lipinski definition) is 11. The van der Waals surface area contributed by atoms with Gasteiger partial charge in [0.05, 0.1) is 41.8 Å². The first kappa shape index (κ1) is 26.9. The van der Waals surface area contributed by atoms with E-state index in [1.165, 1.54) is 50.7 Å². The van der Waals surface area contributed by atoms with Crippen LogP contribution in [-0.4, -0.2) is 55.2 Å². The number of methoxy groups -OCH3 is 2. The molecule has 1 aromatic heterocycles. The van der Waals surface area contributed by atoms with Crippen molar-refractivity contribution in [3.63, 3.8) is 0 Å². The highest BCUT2D eigenvalue weighted by molar-refractivity contribution is 6.00. The van der Waals surface area contributed by atoms with Crippen LogP contribution in [0.5, 0.6) is 5.88 Å².